The molecule has 3 rings (SSSR count). The van der Waals surface area contributed by atoms with E-state index in [2.05, 4.69) is 62.0 Å². The molecule has 1 aliphatic heterocycles. The number of aromatic nitrogens is 2. The van der Waals surface area contributed by atoms with Gasteiger partial charge in [0.1, 0.15) is 5.82 Å². The second-order valence-corrected chi connectivity index (χ2v) is 8.94. The van der Waals surface area contributed by atoms with Gasteiger partial charge in [-0.3, -0.25) is 0 Å². The summed E-state index contributed by atoms with van der Waals surface area (Å²) >= 11 is 0. The van der Waals surface area contributed by atoms with Crippen molar-refractivity contribution in [3.05, 3.63) is 23.3 Å². The van der Waals surface area contributed by atoms with Crippen LogP contribution in [0.5, 0.6) is 0 Å². The van der Waals surface area contributed by atoms with Crippen molar-refractivity contribution in [2.45, 2.75) is 78.7 Å². The van der Waals surface area contributed by atoms with Crippen molar-refractivity contribution in [2.24, 2.45) is 0 Å². The molecule has 0 saturated carbocycles. The van der Waals surface area contributed by atoms with E-state index in [1.165, 1.54) is 55.0 Å². The van der Waals surface area contributed by atoms with Gasteiger partial charge in [0.15, 0.2) is 0 Å². The molecule has 0 spiro atoms. The van der Waals surface area contributed by atoms with Gasteiger partial charge in [-0.05, 0) is 82.4 Å². The first-order chi connectivity index (χ1) is 14.5. The second kappa shape index (κ2) is 10.9. The van der Waals surface area contributed by atoms with E-state index in [0.29, 0.717) is 6.04 Å². The maximum atomic E-state index is 5.12. The van der Waals surface area contributed by atoms with Crippen molar-refractivity contribution < 1.29 is 0 Å². The van der Waals surface area contributed by atoms with Gasteiger partial charge in [0, 0.05) is 24.5 Å². The van der Waals surface area contributed by atoms with Gasteiger partial charge in [0.25, 0.3) is 0 Å². The van der Waals surface area contributed by atoms with Crippen LogP contribution >= 0.6 is 0 Å². The molecule has 1 saturated heterocycles. The summed E-state index contributed by atoms with van der Waals surface area (Å²) in [4.78, 5) is 15.0. The van der Waals surface area contributed by atoms with Crippen LogP contribution in [0.3, 0.4) is 0 Å². The Morgan fingerprint density at radius 3 is 2.30 bits per heavy atom. The smallest absolute Gasteiger partial charge is 0.227 e. The first-order valence-corrected chi connectivity index (χ1v) is 12.1. The maximum Gasteiger partial charge on any atom is 0.227 e. The second-order valence-electron chi connectivity index (χ2n) is 8.94. The molecule has 0 unspecified atom stereocenters. The van der Waals surface area contributed by atoms with Crippen molar-refractivity contribution in [3.8, 4) is 0 Å². The lowest BCUT2D eigenvalue weighted by Crippen LogP contribution is -2.37. The van der Waals surface area contributed by atoms with Crippen molar-refractivity contribution in [1.29, 1.82) is 0 Å². The molecule has 1 N–H and O–H groups in total. The van der Waals surface area contributed by atoms with Crippen molar-refractivity contribution in [2.75, 3.05) is 43.4 Å². The molecule has 5 heteroatoms. The van der Waals surface area contributed by atoms with E-state index >= 15 is 0 Å². The Bertz CT molecular complexity index is 803. The number of nitrogens with zero attached hydrogens (tertiary/aromatic N) is 4. The van der Waals surface area contributed by atoms with E-state index in [1.54, 1.807) is 0 Å². The number of fused-ring (bicyclic) bond motifs is 1. The third kappa shape index (κ3) is 5.63. The predicted octanol–water partition coefficient (Wildman–Crippen LogP) is 5.41. The van der Waals surface area contributed by atoms with Gasteiger partial charge in [-0.25, -0.2) is 4.98 Å². The zero-order chi connectivity index (χ0) is 21.5. The van der Waals surface area contributed by atoms with Crippen LogP contribution in [-0.2, 0) is 6.42 Å². The molecule has 0 amide bonds. The van der Waals surface area contributed by atoms with Gasteiger partial charge in [-0.1, -0.05) is 33.6 Å². The Morgan fingerprint density at radius 1 is 1.03 bits per heavy atom. The van der Waals surface area contributed by atoms with Crippen molar-refractivity contribution >= 4 is 22.7 Å². The Balaban J connectivity index is 2.00. The summed E-state index contributed by atoms with van der Waals surface area (Å²) < 4.78 is 0. The first kappa shape index (κ1) is 22.8. The highest BCUT2D eigenvalue weighted by atomic mass is 15.3. The van der Waals surface area contributed by atoms with Gasteiger partial charge >= 0.3 is 0 Å². The van der Waals surface area contributed by atoms with Gasteiger partial charge in [0.05, 0.1) is 5.52 Å². The molecule has 1 aromatic carbocycles. The highest BCUT2D eigenvalue weighted by Gasteiger charge is 2.20. The third-order valence-corrected chi connectivity index (χ3v) is 6.43. The van der Waals surface area contributed by atoms with Gasteiger partial charge in [0.2, 0.25) is 5.95 Å². The van der Waals surface area contributed by atoms with E-state index in [-0.39, 0.29) is 0 Å². The summed E-state index contributed by atoms with van der Waals surface area (Å²) in [6.45, 7) is 13.3. The summed E-state index contributed by atoms with van der Waals surface area (Å²) in [5.74, 6) is 1.92. The van der Waals surface area contributed by atoms with Crippen LogP contribution in [0.25, 0.3) is 10.9 Å². The summed E-state index contributed by atoms with van der Waals surface area (Å²) in [5.41, 5.74) is 3.79. The monoisotopic (exact) mass is 411 g/mol. The number of anilines is 2. The SMILES string of the molecule is CCCCN(CCCC)c1nc(NC2CCN(C)CC2)c2cc(CC)c(C)cc2n1. The van der Waals surface area contributed by atoms with E-state index in [9.17, 15) is 0 Å². The zero-order valence-electron chi connectivity index (χ0n) is 19.8. The fourth-order valence-electron chi connectivity index (χ4n) is 4.30. The summed E-state index contributed by atoms with van der Waals surface area (Å²) in [6.07, 6.45) is 8.10. The number of unbranched alkanes of at least 4 members (excludes halogenated alkanes) is 2. The van der Waals surface area contributed by atoms with Crippen molar-refractivity contribution in [1.82, 2.24) is 14.9 Å². The molecule has 166 valence electrons. The molecule has 1 aliphatic rings. The molecule has 0 radical (unpaired) electrons. The van der Waals surface area contributed by atoms with Gasteiger partial charge in [-0.2, -0.15) is 4.98 Å². The zero-order valence-corrected chi connectivity index (χ0v) is 19.8. The van der Waals surface area contributed by atoms with E-state index < -0.39 is 0 Å². The highest BCUT2D eigenvalue weighted by molar-refractivity contribution is 5.91. The van der Waals surface area contributed by atoms with Crippen molar-refractivity contribution in [3.63, 3.8) is 0 Å². The largest absolute Gasteiger partial charge is 0.367 e. The predicted molar refractivity (Wildman–Crippen MR) is 130 cm³/mol. The summed E-state index contributed by atoms with van der Waals surface area (Å²) in [7, 11) is 2.21. The Kier molecular flexibility index (Phi) is 8.32. The number of piperidine rings is 1. The number of nitrogens with one attached hydrogen (secondary N) is 1. The van der Waals surface area contributed by atoms with Gasteiger partial charge in [-0.15, -0.1) is 0 Å². The fourth-order valence-corrected chi connectivity index (χ4v) is 4.30. The molecule has 5 nitrogen and oxygen atoms in total. The first-order valence-electron chi connectivity index (χ1n) is 12.1. The van der Waals surface area contributed by atoms with E-state index in [1.807, 2.05) is 0 Å². The topological polar surface area (TPSA) is 44.3 Å². The van der Waals surface area contributed by atoms with Crippen LogP contribution in [0.2, 0.25) is 0 Å². The quantitative estimate of drug-likeness (QED) is 0.566. The molecule has 1 fully saturated rings. The minimum absolute atomic E-state index is 0.485. The van der Waals surface area contributed by atoms with Crippen LogP contribution in [0.1, 0.15) is 70.4 Å². The van der Waals surface area contributed by atoms with Crippen LogP contribution in [0.4, 0.5) is 11.8 Å². The van der Waals surface area contributed by atoms with E-state index in [4.69, 9.17) is 9.97 Å². The fraction of sp³-hybridized carbons (Fsp3) is 0.680. The lowest BCUT2D eigenvalue weighted by molar-refractivity contribution is 0.264. The van der Waals surface area contributed by atoms with Crippen LogP contribution in [0.15, 0.2) is 12.1 Å². The lowest BCUT2D eigenvalue weighted by Gasteiger charge is -2.30. The minimum atomic E-state index is 0.485. The Hall–Kier alpha value is -1.88. The summed E-state index contributed by atoms with van der Waals surface area (Å²) in [6, 6.07) is 5.06. The molecule has 2 heterocycles. The Morgan fingerprint density at radius 2 is 1.70 bits per heavy atom. The number of benzene rings is 1. The number of aryl methyl sites for hydroxylation is 2. The number of hydrogen-bond acceptors (Lipinski definition) is 5. The lowest BCUT2D eigenvalue weighted by atomic mass is 10.0. The molecule has 0 bridgehead atoms. The standard InChI is InChI=1S/C25H41N5/c1-6-9-13-30(14-10-7-2)25-27-23-17-19(4)20(8-3)18-22(23)24(28-25)26-21-11-15-29(5)16-12-21/h17-18,21H,6-16H2,1-5H3,(H,26,27,28). The average Bonchev–Trinajstić information content (AvgIpc) is 2.75. The molecule has 30 heavy (non-hydrogen) atoms. The normalized spacial score (nSPS) is 15.6. The van der Waals surface area contributed by atoms with Crippen LogP contribution in [-0.4, -0.2) is 54.1 Å². The number of likely N-dealkylation sites (tertiary alicyclic amines) is 1. The van der Waals surface area contributed by atoms with Crippen LogP contribution in [0, 0.1) is 6.92 Å². The minimum Gasteiger partial charge on any atom is -0.367 e. The molecular formula is C25H41N5. The molecule has 0 aliphatic carbocycles. The molecule has 1 aromatic heterocycles. The summed E-state index contributed by atoms with van der Waals surface area (Å²) in [5, 5.41) is 4.99. The highest BCUT2D eigenvalue weighted by Crippen LogP contribution is 2.29. The third-order valence-electron chi connectivity index (χ3n) is 6.43. The number of hydrogen-bond donors (Lipinski definition) is 1. The molecular weight excluding hydrogens is 370 g/mol. The molecule has 0 atom stereocenters. The molecule has 2 aromatic rings. The maximum absolute atomic E-state index is 5.12. The Labute approximate surface area is 183 Å². The van der Waals surface area contributed by atoms with Gasteiger partial charge < -0.3 is 15.1 Å². The van der Waals surface area contributed by atoms with E-state index in [0.717, 1.165) is 49.9 Å². The number of rotatable bonds is 10. The average molecular weight is 412 g/mol. The van der Waals surface area contributed by atoms with Crippen LogP contribution < -0.4 is 10.2 Å².